The molecule has 2 aromatic carbocycles. The van der Waals surface area contributed by atoms with Gasteiger partial charge in [0.15, 0.2) is 18.3 Å². The lowest BCUT2D eigenvalue weighted by molar-refractivity contribution is -0.358. The van der Waals surface area contributed by atoms with Crippen LogP contribution >= 0.6 is 0 Å². The van der Waals surface area contributed by atoms with Crippen LogP contribution in [0.4, 0.5) is 0 Å². The maximum atomic E-state index is 12.7. The fourth-order valence-electron chi connectivity index (χ4n) is 6.21. The van der Waals surface area contributed by atoms with E-state index in [1.54, 1.807) is 0 Å². The van der Waals surface area contributed by atoms with Crippen LogP contribution in [0.3, 0.4) is 0 Å². The normalized spacial score (nSPS) is 38.3. The van der Waals surface area contributed by atoms with Gasteiger partial charge in [0.2, 0.25) is 17.5 Å². The summed E-state index contributed by atoms with van der Waals surface area (Å²) in [5.74, 6) is -2.01. The van der Waals surface area contributed by atoms with Crippen molar-refractivity contribution >= 4 is 11.0 Å². The molecule has 15 atom stereocenters. The van der Waals surface area contributed by atoms with E-state index in [4.69, 9.17) is 32.8 Å². The summed E-state index contributed by atoms with van der Waals surface area (Å²) in [5, 5.41) is 114. The third-order valence-corrected chi connectivity index (χ3v) is 9.28. The van der Waals surface area contributed by atoms with Gasteiger partial charge in [-0.1, -0.05) is 0 Å². The van der Waals surface area contributed by atoms with E-state index in [0.29, 0.717) is 0 Å². The molecule has 19 heteroatoms. The van der Waals surface area contributed by atoms with Crippen LogP contribution in [0.15, 0.2) is 45.6 Å². The van der Waals surface area contributed by atoms with Crippen molar-refractivity contribution in [3.8, 4) is 34.3 Å². The van der Waals surface area contributed by atoms with Crippen molar-refractivity contribution in [2.45, 2.75) is 106 Å². The number of rotatable bonds is 8. The Bertz CT molecular complexity index is 1770. The molecule has 1 aromatic heterocycles. The molecule has 3 fully saturated rings. The van der Waals surface area contributed by atoms with Crippen molar-refractivity contribution in [3.05, 3.63) is 46.6 Å². The second-order valence-electron chi connectivity index (χ2n) is 12.9. The van der Waals surface area contributed by atoms with Crippen LogP contribution < -0.4 is 10.2 Å². The van der Waals surface area contributed by atoms with E-state index < -0.39 is 116 Å². The number of aliphatic hydroxyl groups excluding tert-OH is 8. The molecule has 0 radical (unpaired) electrons. The number of hydrogen-bond acceptors (Lipinski definition) is 19. The topological polar surface area (TPSA) is 308 Å². The highest BCUT2D eigenvalue weighted by Gasteiger charge is 2.51. The standard InChI is InChI=1S/C33H40O19/c1-10-19(36)23(40)26(43)32(48-10)52-30-20(37)11(2)47-31(28(30)45)46-9-17-21(38)24(41)27(44)33(51-17)49-14-5-3-12(4-6-14)29-25(42)22(39)18-15(35)7-13(34)8-16(18)50-29/h3-8,10-11,17,19-21,23-24,26-28,30-38,40-45H,9H2,1-2H3/t10?,11?,17?,19-,20-,21-,23-,24?,26?,27?,28?,30-,31+,32-,33+/m0/s1. The first-order chi connectivity index (χ1) is 24.6. The molecular weight excluding hydrogens is 700 g/mol. The number of phenolic OH excluding ortho intramolecular Hbond substituents is 2. The number of fused-ring (bicyclic) bond motifs is 1. The molecule has 3 saturated heterocycles. The summed E-state index contributed by atoms with van der Waals surface area (Å²) >= 11 is 0. The summed E-state index contributed by atoms with van der Waals surface area (Å²) < 4.78 is 39.3. The lowest BCUT2D eigenvalue weighted by atomic mass is 9.97. The molecule has 0 spiro atoms. The first kappa shape index (κ1) is 38.1. The Hall–Kier alpha value is -3.67. The Morgan fingerprint density at radius 3 is 1.98 bits per heavy atom. The van der Waals surface area contributed by atoms with Gasteiger partial charge >= 0.3 is 0 Å². The minimum absolute atomic E-state index is 0.0573. The van der Waals surface area contributed by atoms with Crippen LogP contribution in [-0.4, -0.2) is 155 Å². The molecule has 19 nitrogen and oxygen atoms in total. The average molecular weight is 741 g/mol. The van der Waals surface area contributed by atoms with E-state index in [0.717, 1.165) is 12.1 Å². The Balaban J connectivity index is 1.12. The summed E-state index contributed by atoms with van der Waals surface area (Å²) in [5.41, 5.74) is -0.957. The summed E-state index contributed by atoms with van der Waals surface area (Å²) in [6.45, 7) is 2.31. The smallest absolute Gasteiger partial charge is 0.238 e. The van der Waals surface area contributed by atoms with Gasteiger partial charge in [-0.2, -0.15) is 0 Å². The van der Waals surface area contributed by atoms with Crippen LogP contribution in [0.2, 0.25) is 0 Å². The fraction of sp³-hybridized carbons (Fsp3) is 0.545. The largest absolute Gasteiger partial charge is 0.508 e. The number of benzene rings is 2. The Morgan fingerprint density at radius 1 is 0.673 bits per heavy atom. The molecule has 3 aromatic rings. The van der Waals surface area contributed by atoms with Crippen molar-refractivity contribution < 1.29 is 89.0 Å². The van der Waals surface area contributed by atoms with E-state index in [9.17, 15) is 61.0 Å². The molecule has 0 aliphatic carbocycles. The van der Waals surface area contributed by atoms with Crippen molar-refractivity contribution in [1.82, 2.24) is 0 Å². The zero-order chi connectivity index (χ0) is 37.8. The highest BCUT2D eigenvalue weighted by molar-refractivity contribution is 5.88. The molecule has 4 heterocycles. The Kier molecular flexibility index (Phi) is 11.0. The van der Waals surface area contributed by atoms with E-state index >= 15 is 0 Å². The third-order valence-electron chi connectivity index (χ3n) is 9.28. The molecule has 52 heavy (non-hydrogen) atoms. The minimum Gasteiger partial charge on any atom is -0.508 e. The van der Waals surface area contributed by atoms with Crippen molar-refractivity contribution in [1.29, 1.82) is 0 Å². The summed E-state index contributed by atoms with van der Waals surface area (Å²) in [6.07, 6.45) is -22.8. The van der Waals surface area contributed by atoms with Crippen LogP contribution in [0.1, 0.15) is 13.8 Å². The molecule has 0 amide bonds. The minimum atomic E-state index is -1.80. The highest BCUT2D eigenvalue weighted by atomic mass is 16.7. The maximum absolute atomic E-state index is 12.7. The van der Waals surface area contributed by atoms with Gasteiger partial charge in [0, 0.05) is 17.7 Å². The van der Waals surface area contributed by atoms with E-state index in [1.807, 2.05) is 0 Å². The van der Waals surface area contributed by atoms with Crippen LogP contribution in [0.5, 0.6) is 23.0 Å². The van der Waals surface area contributed by atoms with Crippen molar-refractivity contribution in [2.24, 2.45) is 0 Å². The quantitative estimate of drug-likeness (QED) is 0.113. The summed E-state index contributed by atoms with van der Waals surface area (Å²) in [6, 6.07) is 7.46. The van der Waals surface area contributed by atoms with Gasteiger partial charge in [0.05, 0.1) is 18.8 Å². The molecule has 6 rings (SSSR count). The van der Waals surface area contributed by atoms with Gasteiger partial charge in [-0.05, 0) is 38.1 Å². The lowest BCUT2D eigenvalue weighted by Crippen LogP contribution is -2.64. The number of phenols is 2. The number of aromatic hydroxyl groups is 3. The third kappa shape index (κ3) is 7.16. The predicted octanol–water partition coefficient (Wildman–Crippen LogP) is -2.54. The van der Waals surface area contributed by atoms with Crippen molar-refractivity contribution in [3.63, 3.8) is 0 Å². The maximum Gasteiger partial charge on any atom is 0.238 e. The summed E-state index contributed by atoms with van der Waals surface area (Å²) in [7, 11) is 0. The molecule has 286 valence electrons. The average Bonchev–Trinajstić information content (AvgIpc) is 3.11. The van der Waals surface area contributed by atoms with Gasteiger partial charge in [-0.3, -0.25) is 4.79 Å². The molecule has 11 N–H and O–H groups in total. The number of ether oxygens (including phenoxy) is 6. The van der Waals surface area contributed by atoms with Gasteiger partial charge in [-0.15, -0.1) is 0 Å². The van der Waals surface area contributed by atoms with Gasteiger partial charge in [0.25, 0.3) is 0 Å². The number of hydrogen-bond donors (Lipinski definition) is 11. The first-order valence-corrected chi connectivity index (χ1v) is 16.2. The second kappa shape index (κ2) is 15.0. The SMILES string of the molecule is CC1O[C@@H](O[C@@H]2C(O)[C@H](OCC3O[C@@H](Oc4ccc(-c5oc6cc(O)cc(O)c6c(=O)c5O)cc4)C(O)C(O)[C@H]3O)OC(C)[C@@H]2O)C(O)[C@@H](O)[C@H]1O. The predicted molar refractivity (Wildman–Crippen MR) is 170 cm³/mol. The second-order valence-corrected chi connectivity index (χ2v) is 12.9. The van der Waals surface area contributed by atoms with Gasteiger partial charge in [-0.25, -0.2) is 0 Å². The zero-order valence-electron chi connectivity index (χ0n) is 27.5. The molecule has 3 aliphatic rings. The van der Waals surface area contributed by atoms with Crippen LogP contribution in [0, 0.1) is 0 Å². The fourth-order valence-corrected chi connectivity index (χ4v) is 6.21. The van der Waals surface area contributed by atoms with Gasteiger partial charge in [0.1, 0.15) is 89.3 Å². The molecular formula is C33H40O19. The summed E-state index contributed by atoms with van der Waals surface area (Å²) in [4.78, 5) is 12.7. The Labute approximate surface area is 293 Å². The monoisotopic (exact) mass is 740 g/mol. The first-order valence-electron chi connectivity index (χ1n) is 16.2. The lowest BCUT2D eigenvalue weighted by Gasteiger charge is -2.46. The molecule has 3 aliphatic heterocycles. The molecule has 0 saturated carbocycles. The van der Waals surface area contributed by atoms with Crippen LogP contribution in [-0.2, 0) is 23.7 Å². The Morgan fingerprint density at radius 2 is 1.29 bits per heavy atom. The van der Waals surface area contributed by atoms with Crippen LogP contribution in [0.25, 0.3) is 22.3 Å². The number of aliphatic hydroxyl groups is 8. The van der Waals surface area contributed by atoms with E-state index in [1.165, 1.54) is 38.1 Å². The van der Waals surface area contributed by atoms with Crippen molar-refractivity contribution in [2.75, 3.05) is 6.61 Å². The zero-order valence-corrected chi connectivity index (χ0v) is 27.5. The van der Waals surface area contributed by atoms with E-state index in [2.05, 4.69) is 0 Å². The van der Waals surface area contributed by atoms with E-state index in [-0.39, 0.29) is 33.8 Å². The van der Waals surface area contributed by atoms with Gasteiger partial charge < -0.3 is 89.0 Å². The highest BCUT2D eigenvalue weighted by Crippen LogP contribution is 2.36. The molecule has 0 bridgehead atoms. The molecule has 7 unspecified atom stereocenters.